The van der Waals surface area contributed by atoms with Crippen LogP contribution < -0.4 is 51.4 Å². The Balaban J connectivity index is 0.00000169. The van der Waals surface area contributed by atoms with Crippen LogP contribution in [-0.2, 0) is 0 Å². The molecule has 0 spiro atoms. The van der Waals surface area contributed by atoms with Crippen molar-refractivity contribution in [3.05, 3.63) is 0 Å². The number of nitrogens with zero attached hydrogens (tertiary/aromatic N) is 1. The first-order valence-electron chi connectivity index (χ1n) is 4.11. The molecular weight excluding hydrogens is 225 g/mol. The Morgan fingerprint density at radius 2 is 1.93 bits per heavy atom. The number of aliphatic hydroxyl groups is 2. The molecule has 0 bridgehead atoms. The summed E-state index contributed by atoms with van der Waals surface area (Å²) in [6.45, 7) is -5.21. The van der Waals surface area contributed by atoms with E-state index in [-0.39, 0.29) is 70.9 Å². The van der Waals surface area contributed by atoms with E-state index in [0.717, 1.165) is 4.90 Å². The Bertz CT molecular complexity index is 194. The molecule has 0 aromatic rings. The molecule has 0 aromatic carbocycles. The molecule has 1 unspecified atom stereocenters. The van der Waals surface area contributed by atoms with Gasteiger partial charge in [0, 0.05) is 6.54 Å². The predicted octanol–water partition coefficient (Wildman–Crippen LogP) is -3.19. The molecule has 0 saturated carbocycles. The van der Waals surface area contributed by atoms with Gasteiger partial charge in [0.05, 0.1) is 6.61 Å². The standard InChI is InChI=1S/C6H12BF3NO2.K/c8-7(9,10)5-11-2-1-6(13,3-11)4-12;/h12-13H,1-5H2;/q-1;+1. The monoisotopic (exact) mass is 237 g/mol. The largest absolute Gasteiger partial charge is 1.00 e. The average Bonchev–Trinajstić information content (AvgIpc) is 2.30. The molecule has 2 N–H and O–H groups in total. The first-order valence-corrected chi connectivity index (χ1v) is 4.11. The molecule has 1 rings (SSSR count). The van der Waals surface area contributed by atoms with Crippen LogP contribution in [0.3, 0.4) is 0 Å². The third kappa shape index (κ3) is 4.93. The normalized spacial score (nSPS) is 28.9. The van der Waals surface area contributed by atoms with Crippen molar-refractivity contribution in [1.29, 1.82) is 0 Å². The predicted molar refractivity (Wildman–Crippen MR) is 42.2 cm³/mol. The number of hydrogen-bond donors (Lipinski definition) is 2. The van der Waals surface area contributed by atoms with E-state index in [2.05, 4.69) is 0 Å². The fourth-order valence-corrected chi connectivity index (χ4v) is 1.52. The summed E-state index contributed by atoms with van der Waals surface area (Å²) in [6.07, 6.45) is -0.752. The third-order valence-corrected chi connectivity index (χ3v) is 2.17. The second-order valence-electron chi connectivity index (χ2n) is 3.58. The summed E-state index contributed by atoms with van der Waals surface area (Å²) in [4.78, 5) is 1.12. The molecule has 1 heterocycles. The smallest absolute Gasteiger partial charge is 0.448 e. The van der Waals surface area contributed by atoms with Gasteiger partial charge < -0.3 is 28.1 Å². The Morgan fingerprint density at radius 3 is 2.29 bits per heavy atom. The maximum absolute atomic E-state index is 11.9. The number of halogens is 3. The second kappa shape index (κ2) is 5.63. The molecule has 14 heavy (non-hydrogen) atoms. The molecule has 78 valence electrons. The number of aliphatic hydroxyl groups excluding tert-OH is 1. The van der Waals surface area contributed by atoms with Crippen molar-refractivity contribution in [3.8, 4) is 0 Å². The van der Waals surface area contributed by atoms with Crippen LogP contribution in [0.25, 0.3) is 0 Å². The summed E-state index contributed by atoms with van der Waals surface area (Å²) in [7, 11) is 0. The molecule has 1 saturated heterocycles. The van der Waals surface area contributed by atoms with Crippen LogP contribution in [0.15, 0.2) is 0 Å². The van der Waals surface area contributed by atoms with Gasteiger partial charge in [-0.1, -0.05) is 0 Å². The minimum absolute atomic E-state index is 0. The van der Waals surface area contributed by atoms with Crippen molar-refractivity contribution >= 4 is 6.98 Å². The van der Waals surface area contributed by atoms with Crippen LogP contribution in [0.2, 0.25) is 0 Å². The van der Waals surface area contributed by atoms with Crippen LogP contribution in [0.5, 0.6) is 0 Å². The Morgan fingerprint density at radius 1 is 1.36 bits per heavy atom. The van der Waals surface area contributed by atoms with Gasteiger partial charge in [-0.05, 0) is 19.4 Å². The van der Waals surface area contributed by atoms with Gasteiger partial charge in [0.15, 0.2) is 0 Å². The van der Waals surface area contributed by atoms with E-state index in [1.807, 2.05) is 0 Å². The van der Waals surface area contributed by atoms with E-state index >= 15 is 0 Å². The van der Waals surface area contributed by atoms with Gasteiger partial charge in [-0.2, -0.15) is 0 Å². The van der Waals surface area contributed by atoms with E-state index in [1.54, 1.807) is 0 Å². The first kappa shape index (κ1) is 15.4. The Hall–Kier alpha value is 1.37. The molecule has 1 atom stereocenters. The van der Waals surface area contributed by atoms with Crippen LogP contribution in [0.4, 0.5) is 12.9 Å². The SMILES string of the molecule is OCC1(O)CCN(C[B-](F)(F)F)C1.[K+]. The van der Waals surface area contributed by atoms with Crippen molar-refractivity contribution in [1.82, 2.24) is 4.90 Å². The van der Waals surface area contributed by atoms with E-state index in [1.165, 1.54) is 0 Å². The molecule has 0 aromatic heterocycles. The van der Waals surface area contributed by atoms with Gasteiger partial charge in [-0.3, -0.25) is 0 Å². The van der Waals surface area contributed by atoms with Crippen LogP contribution in [-0.4, -0.2) is 53.8 Å². The third-order valence-electron chi connectivity index (χ3n) is 2.17. The van der Waals surface area contributed by atoms with Gasteiger partial charge in [0.1, 0.15) is 5.60 Å². The summed E-state index contributed by atoms with van der Waals surface area (Å²) in [5.74, 6) is 0. The summed E-state index contributed by atoms with van der Waals surface area (Å²) in [6, 6.07) is 0. The fourth-order valence-electron chi connectivity index (χ4n) is 1.52. The fraction of sp³-hybridized carbons (Fsp3) is 1.00. The number of β-amino-alcohol motifs (C(OH)–C–C–N with tert-alkyl or cyclic N) is 1. The number of hydrogen-bond acceptors (Lipinski definition) is 3. The first-order chi connectivity index (χ1) is 5.85. The quantitative estimate of drug-likeness (QED) is 0.508. The summed E-state index contributed by atoms with van der Waals surface area (Å²) in [5.41, 5.74) is -1.33. The number of likely N-dealkylation sites (tertiary alicyclic amines) is 1. The van der Waals surface area contributed by atoms with Crippen LogP contribution in [0.1, 0.15) is 6.42 Å². The average molecular weight is 237 g/mol. The zero-order chi connectivity index (χ0) is 10.1. The zero-order valence-electron chi connectivity index (χ0n) is 8.09. The molecule has 1 fully saturated rings. The molecule has 3 nitrogen and oxygen atoms in total. The summed E-state index contributed by atoms with van der Waals surface area (Å²) in [5, 5.41) is 18.1. The van der Waals surface area contributed by atoms with Crippen molar-refractivity contribution in [2.45, 2.75) is 12.0 Å². The summed E-state index contributed by atoms with van der Waals surface area (Å²) >= 11 is 0. The molecule has 0 amide bonds. The van der Waals surface area contributed by atoms with Crippen molar-refractivity contribution in [2.75, 3.05) is 26.1 Å². The van der Waals surface area contributed by atoms with E-state index in [0.29, 0.717) is 0 Å². The van der Waals surface area contributed by atoms with Gasteiger partial charge in [0.2, 0.25) is 0 Å². The topological polar surface area (TPSA) is 43.7 Å². The molecule has 0 aliphatic carbocycles. The van der Waals surface area contributed by atoms with Gasteiger partial charge in [-0.15, -0.1) is 0 Å². The second-order valence-corrected chi connectivity index (χ2v) is 3.58. The van der Waals surface area contributed by atoms with E-state index in [9.17, 15) is 18.1 Å². The Labute approximate surface area is 123 Å². The van der Waals surface area contributed by atoms with Crippen molar-refractivity contribution < 1.29 is 74.5 Å². The molecule has 1 aliphatic heterocycles. The minimum Gasteiger partial charge on any atom is -0.448 e. The van der Waals surface area contributed by atoms with Gasteiger partial charge in [-0.25, -0.2) is 0 Å². The van der Waals surface area contributed by atoms with Crippen molar-refractivity contribution in [3.63, 3.8) is 0 Å². The van der Waals surface area contributed by atoms with Crippen LogP contribution in [0, 0.1) is 0 Å². The minimum atomic E-state index is -4.83. The molecule has 0 radical (unpaired) electrons. The van der Waals surface area contributed by atoms with Gasteiger partial charge in [0.25, 0.3) is 0 Å². The molecule has 1 aliphatic rings. The van der Waals surface area contributed by atoms with E-state index < -0.39 is 25.6 Å². The Kier molecular flexibility index (Phi) is 6.18. The molecule has 8 heteroatoms. The maximum atomic E-state index is 11.9. The maximum Gasteiger partial charge on any atom is 1.00 e. The zero-order valence-corrected chi connectivity index (χ0v) is 11.2. The van der Waals surface area contributed by atoms with Crippen LogP contribution >= 0.6 is 0 Å². The summed E-state index contributed by atoms with van der Waals surface area (Å²) < 4.78 is 35.8. The van der Waals surface area contributed by atoms with E-state index in [4.69, 9.17) is 5.11 Å². The number of rotatable bonds is 3. The van der Waals surface area contributed by atoms with Crippen molar-refractivity contribution in [2.24, 2.45) is 0 Å². The van der Waals surface area contributed by atoms with Gasteiger partial charge >= 0.3 is 58.4 Å². The molecular formula is C6H12BF3KNO2.